The normalized spacial score (nSPS) is 10.5. The second kappa shape index (κ2) is 6.58. The van der Waals surface area contributed by atoms with Crippen LogP contribution in [0.3, 0.4) is 0 Å². The van der Waals surface area contributed by atoms with Gasteiger partial charge in [0.05, 0.1) is 25.6 Å². The summed E-state index contributed by atoms with van der Waals surface area (Å²) in [6, 6.07) is 10.4. The van der Waals surface area contributed by atoms with E-state index in [9.17, 15) is 4.79 Å². The first kappa shape index (κ1) is 15.2. The number of hydrogen-bond acceptors (Lipinski definition) is 4. The molecule has 0 atom stereocenters. The summed E-state index contributed by atoms with van der Waals surface area (Å²) in [6.45, 7) is 0.306. The van der Waals surface area contributed by atoms with Gasteiger partial charge in [0.2, 0.25) is 0 Å². The average molecular weight is 332 g/mol. The Morgan fingerprint density at radius 1 is 1.39 bits per heavy atom. The molecule has 0 fully saturated rings. The summed E-state index contributed by atoms with van der Waals surface area (Å²) in [5, 5.41) is 10.2. The predicted molar refractivity (Wildman–Crippen MR) is 85.5 cm³/mol. The van der Waals surface area contributed by atoms with E-state index < -0.39 is 0 Å². The fourth-order valence-electron chi connectivity index (χ4n) is 2.13. The summed E-state index contributed by atoms with van der Waals surface area (Å²) in [5.74, 6) is 1.03. The molecular weight excluding hydrogens is 318 g/mol. The van der Waals surface area contributed by atoms with E-state index in [1.807, 2.05) is 0 Å². The maximum Gasteiger partial charge on any atom is 0.269 e. The summed E-state index contributed by atoms with van der Waals surface area (Å²) in [4.78, 5) is 12.1. The number of rotatable bonds is 5. The van der Waals surface area contributed by atoms with Crippen LogP contribution in [0.5, 0.6) is 5.75 Å². The van der Waals surface area contributed by atoms with Gasteiger partial charge in [0.1, 0.15) is 17.2 Å². The van der Waals surface area contributed by atoms with Gasteiger partial charge >= 0.3 is 0 Å². The minimum Gasteiger partial charge on any atom is -0.496 e. The summed E-state index contributed by atoms with van der Waals surface area (Å²) in [6.07, 6.45) is 1.56. The number of aromatic amines is 1. The Hall–Kier alpha value is -2.73. The molecule has 0 aliphatic heterocycles. The number of amides is 1. The zero-order valence-corrected chi connectivity index (χ0v) is 13.1. The highest BCUT2D eigenvalue weighted by molar-refractivity contribution is 6.31. The molecule has 1 aromatic carbocycles. The summed E-state index contributed by atoms with van der Waals surface area (Å²) in [5.41, 5.74) is 1.63. The maximum absolute atomic E-state index is 12.1. The van der Waals surface area contributed by atoms with Gasteiger partial charge in [-0.3, -0.25) is 9.89 Å². The molecule has 23 heavy (non-hydrogen) atoms. The molecule has 0 saturated heterocycles. The van der Waals surface area contributed by atoms with E-state index in [0.29, 0.717) is 40.0 Å². The standard InChI is InChI=1S/C16H14ClN3O3/c1-22-15-5-4-10(17)7-12(15)13-8-14(20-19-13)16(21)18-9-11-3-2-6-23-11/h2-8H,9H2,1H3,(H,18,21)(H,19,20). The highest BCUT2D eigenvalue weighted by atomic mass is 35.5. The second-order valence-corrected chi connectivity index (χ2v) is 5.21. The zero-order chi connectivity index (χ0) is 16.2. The van der Waals surface area contributed by atoms with Crippen LogP contribution in [0.2, 0.25) is 5.02 Å². The smallest absolute Gasteiger partial charge is 0.269 e. The third-order valence-corrected chi connectivity index (χ3v) is 3.50. The average Bonchev–Trinajstić information content (AvgIpc) is 3.24. The Kier molecular flexibility index (Phi) is 4.34. The first-order chi connectivity index (χ1) is 11.2. The maximum atomic E-state index is 12.1. The van der Waals surface area contributed by atoms with Gasteiger partial charge in [-0.25, -0.2) is 0 Å². The number of ether oxygens (including phenoxy) is 1. The van der Waals surface area contributed by atoms with Crippen molar-refractivity contribution >= 4 is 17.5 Å². The van der Waals surface area contributed by atoms with Crippen LogP contribution in [0.4, 0.5) is 0 Å². The lowest BCUT2D eigenvalue weighted by Gasteiger charge is -2.05. The van der Waals surface area contributed by atoms with E-state index in [2.05, 4.69) is 15.5 Å². The molecule has 2 heterocycles. The lowest BCUT2D eigenvalue weighted by atomic mass is 10.1. The Morgan fingerprint density at radius 2 is 2.26 bits per heavy atom. The van der Waals surface area contributed by atoms with Crippen LogP contribution in [-0.2, 0) is 6.54 Å². The van der Waals surface area contributed by atoms with Crippen LogP contribution in [0.15, 0.2) is 47.1 Å². The topological polar surface area (TPSA) is 80.1 Å². The van der Waals surface area contributed by atoms with Gasteiger partial charge in [-0.1, -0.05) is 11.6 Å². The molecule has 1 amide bonds. The van der Waals surface area contributed by atoms with Gasteiger partial charge in [-0.15, -0.1) is 0 Å². The monoisotopic (exact) mass is 331 g/mol. The summed E-state index contributed by atoms with van der Waals surface area (Å²) < 4.78 is 10.5. The molecule has 0 radical (unpaired) electrons. The number of carbonyl (C=O) groups excluding carboxylic acids is 1. The molecule has 0 aliphatic carbocycles. The Labute approximate surface area is 137 Å². The van der Waals surface area contributed by atoms with Crippen molar-refractivity contribution in [2.75, 3.05) is 7.11 Å². The number of nitrogens with zero attached hydrogens (tertiary/aromatic N) is 1. The van der Waals surface area contributed by atoms with Crippen LogP contribution in [0, 0.1) is 0 Å². The number of halogens is 1. The van der Waals surface area contributed by atoms with Crippen molar-refractivity contribution in [2.45, 2.75) is 6.54 Å². The van der Waals surface area contributed by atoms with Gasteiger partial charge in [0, 0.05) is 10.6 Å². The third-order valence-electron chi connectivity index (χ3n) is 3.26. The molecule has 118 valence electrons. The van der Waals surface area contributed by atoms with Crippen LogP contribution < -0.4 is 10.1 Å². The van der Waals surface area contributed by atoms with E-state index >= 15 is 0 Å². The minimum atomic E-state index is -0.277. The van der Waals surface area contributed by atoms with E-state index in [4.69, 9.17) is 20.8 Å². The van der Waals surface area contributed by atoms with Gasteiger partial charge in [0.15, 0.2) is 0 Å². The number of furan rings is 1. The minimum absolute atomic E-state index is 0.277. The highest BCUT2D eigenvalue weighted by Gasteiger charge is 2.14. The van der Waals surface area contributed by atoms with Crippen molar-refractivity contribution in [3.8, 4) is 17.0 Å². The molecule has 3 aromatic rings. The number of H-pyrrole nitrogens is 1. The van der Waals surface area contributed by atoms with Crippen molar-refractivity contribution in [2.24, 2.45) is 0 Å². The Balaban J connectivity index is 1.77. The van der Waals surface area contributed by atoms with E-state index in [0.717, 1.165) is 0 Å². The zero-order valence-electron chi connectivity index (χ0n) is 12.3. The molecule has 6 nitrogen and oxygen atoms in total. The fourth-order valence-corrected chi connectivity index (χ4v) is 2.30. The van der Waals surface area contributed by atoms with Crippen LogP contribution >= 0.6 is 11.6 Å². The lowest BCUT2D eigenvalue weighted by Crippen LogP contribution is -2.22. The largest absolute Gasteiger partial charge is 0.496 e. The van der Waals surface area contributed by atoms with Crippen molar-refractivity contribution < 1.29 is 13.9 Å². The number of benzene rings is 1. The van der Waals surface area contributed by atoms with Gasteiger partial charge in [-0.2, -0.15) is 5.10 Å². The molecular formula is C16H14ClN3O3. The van der Waals surface area contributed by atoms with E-state index in [-0.39, 0.29) is 5.91 Å². The van der Waals surface area contributed by atoms with Gasteiger partial charge in [0.25, 0.3) is 5.91 Å². The quantitative estimate of drug-likeness (QED) is 0.752. The molecule has 3 rings (SSSR count). The fraction of sp³-hybridized carbons (Fsp3) is 0.125. The SMILES string of the molecule is COc1ccc(Cl)cc1-c1cc(C(=O)NCc2ccco2)[nH]n1. The molecule has 2 N–H and O–H groups in total. The highest BCUT2D eigenvalue weighted by Crippen LogP contribution is 2.31. The first-order valence-corrected chi connectivity index (χ1v) is 7.25. The van der Waals surface area contributed by atoms with Crippen LogP contribution in [-0.4, -0.2) is 23.2 Å². The Bertz CT molecular complexity index is 812. The van der Waals surface area contributed by atoms with Crippen LogP contribution in [0.1, 0.15) is 16.2 Å². The van der Waals surface area contributed by atoms with Crippen molar-refractivity contribution in [1.82, 2.24) is 15.5 Å². The second-order valence-electron chi connectivity index (χ2n) is 4.77. The predicted octanol–water partition coefficient (Wildman–Crippen LogP) is 3.26. The Morgan fingerprint density at radius 3 is 3.00 bits per heavy atom. The van der Waals surface area contributed by atoms with Gasteiger partial charge in [-0.05, 0) is 36.4 Å². The molecule has 2 aromatic heterocycles. The van der Waals surface area contributed by atoms with Crippen molar-refractivity contribution in [1.29, 1.82) is 0 Å². The summed E-state index contributed by atoms with van der Waals surface area (Å²) >= 11 is 6.02. The van der Waals surface area contributed by atoms with Crippen molar-refractivity contribution in [3.63, 3.8) is 0 Å². The molecule has 0 saturated carbocycles. The first-order valence-electron chi connectivity index (χ1n) is 6.87. The molecule has 0 bridgehead atoms. The number of methoxy groups -OCH3 is 1. The molecule has 0 spiro atoms. The molecule has 0 aliphatic rings. The lowest BCUT2D eigenvalue weighted by molar-refractivity contribution is 0.0943. The van der Waals surface area contributed by atoms with Crippen molar-refractivity contribution in [3.05, 3.63) is 59.1 Å². The number of aromatic nitrogens is 2. The summed E-state index contributed by atoms with van der Waals surface area (Å²) in [7, 11) is 1.57. The third kappa shape index (κ3) is 3.37. The molecule has 7 heteroatoms. The van der Waals surface area contributed by atoms with Crippen LogP contribution in [0.25, 0.3) is 11.3 Å². The van der Waals surface area contributed by atoms with E-state index in [1.54, 1.807) is 49.8 Å². The van der Waals surface area contributed by atoms with E-state index in [1.165, 1.54) is 0 Å². The molecule has 0 unspecified atom stereocenters. The number of hydrogen-bond donors (Lipinski definition) is 2. The number of nitrogens with one attached hydrogen (secondary N) is 2. The van der Waals surface area contributed by atoms with Gasteiger partial charge < -0.3 is 14.5 Å². The number of carbonyl (C=O) groups is 1.